The van der Waals surface area contributed by atoms with Crippen LogP contribution in [0, 0.1) is 39.0 Å². The summed E-state index contributed by atoms with van der Waals surface area (Å²) in [5, 5.41) is 13.6. The average molecular weight is 467 g/mol. The highest BCUT2D eigenvalue weighted by Gasteiger charge is 2.35. The molecule has 8 heteroatoms. The molecule has 1 fully saturated rings. The maximum atomic E-state index is 13.6. The van der Waals surface area contributed by atoms with E-state index in [4.69, 9.17) is 4.98 Å². The van der Waals surface area contributed by atoms with Crippen LogP contribution in [0.4, 0.5) is 0 Å². The highest BCUT2D eigenvalue weighted by Crippen LogP contribution is 2.31. The van der Waals surface area contributed by atoms with Gasteiger partial charge in [0, 0.05) is 4.88 Å². The molecule has 0 bridgehead atoms. The maximum Gasteiger partial charge on any atom is 0.267 e. The predicted molar refractivity (Wildman–Crippen MR) is 130 cm³/mol. The summed E-state index contributed by atoms with van der Waals surface area (Å²) in [6.45, 7) is 7.90. The molecule has 3 aromatic rings. The first-order valence-electron chi connectivity index (χ1n) is 10.7. The summed E-state index contributed by atoms with van der Waals surface area (Å²) < 4.78 is 1.64. The molecule has 2 heterocycles. The fourth-order valence-corrected chi connectivity index (χ4v) is 6.10. The van der Waals surface area contributed by atoms with Crippen molar-refractivity contribution in [2.24, 2.45) is 0 Å². The van der Waals surface area contributed by atoms with Gasteiger partial charge >= 0.3 is 0 Å². The number of aryl methyl sites for hydroxylation is 4. The zero-order chi connectivity index (χ0) is 23.0. The third kappa shape index (κ3) is 4.07. The van der Waals surface area contributed by atoms with Gasteiger partial charge in [0.15, 0.2) is 5.16 Å². The molecule has 4 rings (SSSR count). The molecule has 0 unspecified atom stereocenters. The summed E-state index contributed by atoms with van der Waals surface area (Å²) in [7, 11) is 0. The normalized spacial score (nSPS) is 15.1. The summed E-state index contributed by atoms with van der Waals surface area (Å²) >= 11 is 2.74. The first kappa shape index (κ1) is 22.6. The van der Waals surface area contributed by atoms with Crippen molar-refractivity contribution < 1.29 is 4.79 Å². The molecule has 166 valence electrons. The van der Waals surface area contributed by atoms with E-state index in [0.29, 0.717) is 28.2 Å². The summed E-state index contributed by atoms with van der Waals surface area (Å²) in [5.74, 6) is -0.117. The SMILES string of the molecule is Cc1ccc(C)c(-n2c(SCC(=O)NC3(C#N)CCCC3)nc3sc(C)c(C)c3c2=O)c1. The van der Waals surface area contributed by atoms with E-state index < -0.39 is 5.54 Å². The van der Waals surface area contributed by atoms with Gasteiger partial charge in [-0.1, -0.05) is 23.9 Å². The van der Waals surface area contributed by atoms with Crippen molar-refractivity contribution >= 4 is 39.2 Å². The van der Waals surface area contributed by atoms with Crippen molar-refractivity contribution in [3.8, 4) is 11.8 Å². The molecule has 0 atom stereocenters. The number of nitrogens with zero attached hydrogens (tertiary/aromatic N) is 3. The van der Waals surface area contributed by atoms with Gasteiger partial charge < -0.3 is 5.32 Å². The Morgan fingerprint density at radius 3 is 2.69 bits per heavy atom. The number of aromatic nitrogens is 2. The zero-order valence-electron chi connectivity index (χ0n) is 18.7. The average Bonchev–Trinajstić information content (AvgIpc) is 3.33. The van der Waals surface area contributed by atoms with Crippen molar-refractivity contribution in [1.29, 1.82) is 5.26 Å². The Bertz CT molecular complexity index is 1310. The van der Waals surface area contributed by atoms with E-state index in [1.807, 2.05) is 45.9 Å². The molecule has 1 N–H and O–H groups in total. The van der Waals surface area contributed by atoms with Crippen molar-refractivity contribution in [3.05, 3.63) is 50.1 Å². The number of benzene rings is 1. The number of nitrogens with one attached hydrogen (secondary N) is 1. The van der Waals surface area contributed by atoms with Gasteiger partial charge in [0.05, 0.1) is 22.9 Å². The fourth-order valence-electron chi connectivity index (χ4n) is 4.22. The number of amides is 1. The monoisotopic (exact) mass is 466 g/mol. The third-order valence-corrected chi connectivity index (χ3v) is 8.20. The summed E-state index contributed by atoms with van der Waals surface area (Å²) in [4.78, 5) is 32.9. The van der Waals surface area contributed by atoms with E-state index >= 15 is 0 Å². The van der Waals surface area contributed by atoms with E-state index in [0.717, 1.165) is 40.1 Å². The van der Waals surface area contributed by atoms with E-state index in [1.54, 1.807) is 4.57 Å². The Kier molecular flexibility index (Phi) is 6.15. The van der Waals surface area contributed by atoms with Crippen LogP contribution in [-0.4, -0.2) is 26.8 Å². The molecule has 1 saturated carbocycles. The number of thiophene rings is 1. The number of carbonyl (C=O) groups is 1. The minimum absolute atomic E-state index is 0.0928. The lowest BCUT2D eigenvalue weighted by Gasteiger charge is -2.22. The number of carbonyl (C=O) groups excluding carboxylic acids is 1. The van der Waals surface area contributed by atoms with E-state index in [-0.39, 0.29) is 17.2 Å². The second kappa shape index (κ2) is 8.72. The summed E-state index contributed by atoms with van der Waals surface area (Å²) in [6.07, 6.45) is 3.26. The molecule has 1 aliphatic carbocycles. The summed E-state index contributed by atoms with van der Waals surface area (Å²) in [6, 6.07) is 8.27. The molecule has 1 aromatic carbocycles. The van der Waals surface area contributed by atoms with E-state index in [1.165, 1.54) is 23.1 Å². The Hall–Kier alpha value is -2.63. The Labute approximate surface area is 195 Å². The topological polar surface area (TPSA) is 87.8 Å². The van der Waals surface area contributed by atoms with Crippen LogP contribution in [0.15, 0.2) is 28.2 Å². The van der Waals surface area contributed by atoms with Gasteiger partial charge in [-0.3, -0.25) is 14.2 Å². The highest BCUT2D eigenvalue weighted by molar-refractivity contribution is 7.99. The number of fused-ring (bicyclic) bond motifs is 1. The molecule has 0 aliphatic heterocycles. The largest absolute Gasteiger partial charge is 0.337 e. The maximum absolute atomic E-state index is 13.6. The lowest BCUT2D eigenvalue weighted by molar-refractivity contribution is -0.119. The molecular formula is C24H26N4O2S2. The molecule has 2 aromatic heterocycles. The number of nitriles is 1. The van der Waals surface area contributed by atoms with Crippen molar-refractivity contribution in [1.82, 2.24) is 14.9 Å². The highest BCUT2D eigenvalue weighted by atomic mass is 32.2. The van der Waals surface area contributed by atoms with Gasteiger partial charge in [0.2, 0.25) is 5.91 Å². The standard InChI is InChI=1S/C24H26N4O2S2/c1-14-7-8-15(2)18(11-14)28-22(30)20-16(3)17(4)32-21(20)26-23(28)31-12-19(29)27-24(13-25)9-5-6-10-24/h7-8,11H,5-6,9-10,12H2,1-4H3,(H,27,29). The summed E-state index contributed by atoms with van der Waals surface area (Å²) in [5.41, 5.74) is 2.86. The van der Waals surface area contributed by atoms with Gasteiger partial charge in [0.25, 0.3) is 5.56 Å². The molecule has 1 amide bonds. The van der Waals surface area contributed by atoms with Gasteiger partial charge in [-0.25, -0.2) is 4.98 Å². The van der Waals surface area contributed by atoms with Crippen LogP contribution >= 0.6 is 23.1 Å². The van der Waals surface area contributed by atoms with Crippen LogP contribution in [0.5, 0.6) is 0 Å². The minimum atomic E-state index is -0.760. The van der Waals surface area contributed by atoms with Crippen LogP contribution in [0.1, 0.15) is 47.3 Å². The van der Waals surface area contributed by atoms with Crippen LogP contribution < -0.4 is 10.9 Å². The molecule has 1 aliphatic rings. The first-order chi connectivity index (χ1) is 15.2. The molecule has 6 nitrogen and oxygen atoms in total. The van der Waals surface area contributed by atoms with Gasteiger partial charge in [-0.05, 0) is 76.1 Å². The number of hydrogen-bond acceptors (Lipinski definition) is 6. The molecule has 0 radical (unpaired) electrons. The first-order valence-corrected chi connectivity index (χ1v) is 12.5. The fraction of sp³-hybridized carbons (Fsp3) is 0.417. The number of thioether (sulfide) groups is 1. The van der Waals surface area contributed by atoms with Gasteiger partial charge in [0.1, 0.15) is 10.4 Å². The van der Waals surface area contributed by atoms with E-state index in [9.17, 15) is 14.9 Å². The lowest BCUT2D eigenvalue weighted by atomic mass is 10.0. The van der Waals surface area contributed by atoms with Crippen molar-refractivity contribution in [2.45, 2.75) is 64.1 Å². The second-order valence-corrected chi connectivity index (χ2v) is 10.7. The van der Waals surface area contributed by atoms with E-state index in [2.05, 4.69) is 11.4 Å². The Morgan fingerprint density at radius 2 is 2.00 bits per heavy atom. The van der Waals surface area contributed by atoms with Gasteiger partial charge in [-0.15, -0.1) is 11.3 Å². The third-order valence-electron chi connectivity index (χ3n) is 6.16. The molecular weight excluding hydrogens is 440 g/mol. The second-order valence-electron chi connectivity index (χ2n) is 8.53. The van der Waals surface area contributed by atoms with Crippen LogP contribution in [0.25, 0.3) is 15.9 Å². The molecule has 32 heavy (non-hydrogen) atoms. The quantitative estimate of drug-likeness (QED) is 0.434. The zero-order valence-corrected chi connectivity index (χ0v) is 20.4. The van der Waals surface area contributed by atoms with Crippen LogP contribution in [-0.2, 0) is 4.79 Å². The van der Waals surface area contributed by atoms with Crippen LogP contribution in [0.2, 0.25) is 0 Å². The smallest absolute Gasteiger partial charge is 0.267 e. The van der Waals surface area contributed by atoms with Crippen LogP contribution in [0.3, 0.4) is 0 Å². The molecule has 0 spiro atoms. The lowest BCUT2D eigenvalue weighted by Crippen LogP contribution is -2.45. The predicted octanol–water partition coefficient (Wildman–Crippen LogP) is 4.73. The Morgan fingerprint density at radius 1 is 1.28 bits per heavy atom. The minimum Gasteiger partial charge on any atom is -0.337 e. The molecule has 0 saturated heterocycles. The number of rotatable bonds is 5. The van der Waals surface area contributed by atoms with Gasteiger partial charge in [-0.2, -0.15) is 5.26 Å². The Balaban J connectivity index is 1.75. The number of hydrogen-bond donors (Lipinski definition) is 1. The van der Waals surface area contributed by atoms with Crippen molar-refractivity contribution in [3.63, 3.8) is 0 Å². The van der Waals surface area contributed by atoms with Crippen molar-refractivity contribution in [2.75, 3.05) is 5.75 Å².